The van der Waals surface area contributed by atoms with Crippen LogP contribution in [0.5, 0.6) is 0 Å². The Labute approximate surface area is 89.7 Å². The molecule has 15 heavy (non-hydrogen) atoms. The summed E-state index contributed by atoms with van der Waals surface area (Å²) in [6, 6.07) is 0. The van der Waals surface area contributed by atoms with Crippen LogP contribution in [0.15, 0.2) is 0 Å². The second-order valence-corrected chi connectivity index (χ2v) is 2.95. The number of amides is 1. The van der Waals surface area contributed by atoms with E-state index in [-0.39, 0.29) is 0 Å². The summed E-state index contributed by atoms with van der Waals surface area (Å²) < 4.78 is 10.4. The third-order valence-corrected chi connectivity index (χ3v) is 1.61. The minimum absolute atomic E-state index is 0.420. The number of ether oxygens (including phenoxy) is 2. The van der Waals surface area contributed by atoms with Gasteiger partial charge in [-0.05, 0) is 19.4 Å². The minimum Gasteiger partial charge on any atom is -0.465 e. The maximum atomic E-state index is 10.1. The van der Waals surface area contributed by atoms with Gasteiger partial charge in [0.15, 0.2) is 0 Å². The monoisotopic (exact) mass is 220 g/mol. The highest BCUT2D eigenvalue weighted by molar-refractivity contribution is 5.64. The van der Waals surface area contributed by atoms with Crippen molar-refractivity contribution in [3.8, 4) is 0 Å². The smallest absolute Gasteiger partial charge is 0.404 e. The molecule has 0 unspecified atom stereocenters. The van der Waals surface area contributed by atoms with Crippen LogP contribution in [0.2, 0.25) is 0 Å². The zero-order valence-electron chi connectivity index (χ0n) is 8.91. The Hall–Kier alpha value is -0.850. The van der Waals surface area contributed by atoms with E-state index in [0.29, 0.717) is 45.9 Å². The fourth-order valence-corrected chi connectivity index (χ4v) is 0.877. The Balaban J connectivity index is 2.89. The second kappa shape index (κ2) is 11.2. The first-order valence-electron chi connectivity index (χ1n) is 5.09. The van der Waals surface area contributed by atoms with Crippen LogP contribution >= 0.6 is 0 Å². The predicted octanol–water partition coefficient (Wildman–Crippen LogP) is 0.0261. The normalized spacial score (nSPS) is 10.2. The van der Waals surface area contributed by atoms with Crippen LogP contribution in [0.4, 0.5) is 4.79 Å². The molecule has 0 saturated carbocycles. The average molecular weight is 220 g/mol. The van der Waals surface area contributed by atoms with Gasteiger partial charge in [0.1, 0.15) is 0 Å². The first-order chi connectivity index (χ1) is 7.27. The zero-order valence-corrected chi connectivity index (χ0v) is 8.91. The average Bonchev–Trinajstić information content (AvgIpc) is 2.20. The van der Waals surface area contributed by atoms with Gasteiger partial charge >= 0.3 is 6.09 Å². The van der Waals surface area contributed by atoms with E-state index in [9.17, 15) is 4.79 Å². The molecule has 0 heterocycles. The van der Waals surface area contributed by atoms with Crippen molar-refractivity contribution in [2.24, 2.45) is 5.73 Å². The molecule has 0 spiro atoms. The molecule has 0 rings (SSSR count). The Kier molecular flexibility index (Phi) is 10.6. The molecule has 0 radical (unpaired) electrons. The van der Waals surface area contributed by atoms with E-state index in [1.54, 1.807) is 0 Å². The number of carboxylic acid groups (broad SMARTS) is 1. The van der Waals surface area contributed by atoms with Gasteiger partial charge in [0.2, 0.25) is 0 Å². The number of hydrogen-bond acceptors (Lipinski definition) is 4. The lowest BCUT2D eigenvalue weighted by atomic mass is 10.4. The molecule has 0 aromatic rings. The van der Waals surface area contributed by atoms with Crippen LogP contribution in [0.25, 0.3) is 0 Å². The lowest BCUT2D eigenvalue weighted by Gasteiger charge is -2.05. The SMILES string of the molecule is NCCCOCCOCCCNC(=O)O. The van der Waals surface area contributed by atoms with Gasteiger partial charge in [-0.25, -0.2) is 4.79 Å². The molecule has 0 atom stereocenters. The van der Waals surface area contributed by atoms with Crippen molar-refractivity contribution in [3.63, 3.8) is 0 Å². The fraction of sp³-hybridized carbons (Fsp3) is 0.889. The number of nitrogens with two attached hydrogens (primary N) is 1. The van der Waals surface area contributed by atoms with Crippen molar-refractivity contribution >= 4 is 6.09 Å². The summed E-state index contributed by atoms with van der Waals surface area (Å²) in [4.78, 5) is 10.1. The first kappa shape index (κ1) is 14.2. The number of hydrogen-bond donors (Lipinski definition) is 3. The predicted molar refractivity (Wildman–Crippen MR) is 56.0 cm³/mol. The van der Waals surface area contributed by atoms with E-state index in [4.69, 9.17) is 20.3 Å². The van der Waals surface area contributed by atoms with Crippen molar-refractivity contribution < 1.29 is 19.4 Å². The van der Waals surface area contributed by atoms with Crippen LogP contribution in [-0.2, 0) is 9.47 Å². The highest BCUT2D eigenvalue weighted by Crippen LogP contribution is 1.84. The maximum absolute atomic E-state index is 10.1. The minimum atomic E-state index is -1.000. The van der Waals surface area contributed by atoms with Crippen molar-refractivity contribution in [1.82, 2.24) is 5.32 Å². The molecule has 0 aromatic carbocycles. The van der Waals surface area contributed by atoms with Crippen molar-refractivity contribution in [3.05, 3.63) is 0 Å². The molecule has 1 amide bonds. The van der Waals surface area contributed by atoms with Crippen LogP contribution in [-0.4, -0.2) is 50.7 Å². The van der Waals surface area contributed by atoms with Gasteiger partial charge in [0, 0.05) is 19.8 Å². The molecule has 6 heteroatoms. The third kappa shape index (κ3) is 13.2. The Morgan fingerprint density at radius 2 is 1.73 bits per heavy atom. The highest BCUT2D eigenvalue weighted by Gasteiger charge is 1.93. The van der Waals surface area contributed by atoms with Gasteiger partial charge in [-0.3, -0.25) is 0 Å². The molecule has 0 aliphatic rings. The molecular formula is C9H20N2O4. The van der Waals surface area contributed by atoms with E-state index in [0.717, 1.165) is 6.42 Å². The van der Waals surface area contributed by atoms with Gasteiger partial charge in [-0.2, -0.15) is 0 Å². The summed E-state index contributed by atoms with van der Waals surface area (Å²) in [7, 11) is 0. The quantitative estimate of drug-likeness (QED) is 0.451. The van der Waals surface area contributed by atoms with E-state index in [1.807, 2.05) is 0 Å². The third-order valence-electron chi connectivity index (χ3n) is 1.61. The summed E-state index contributed by atoms with van der Waals surface area (Å²) >= 11 is 0. The van der Waals surface area contributed by atoms with Crippen LogP contribution < -0.4 is 11.1 Å². The topological polar surface area (TPSA) is 93.8 Å². The molecule has 0 aliphatic carbocycles. The fourth-order valence-electron chi connectivity index (χ4n) is 0.877. The maximum Gasteiger partial charge on any atom is 0.404 e. The summed E-state index contributed by atoms with van der Waals surface area (Å²) in [5, 5.41) is 10.5. The molecule has 6 nitrogen and oxygen atoms in total. The number of carbonyl (C=O) groups is 1. The molecule has 0 aliphatic heterocycles. The lowest BCUT2D eigenvalue weighted by Crippen LogP contribution is -2.23. The van der Waals surface area contributed by atoms with Gasteiger partial charge in [-0.1, -0.05) is 0 Å². The largest absolute Gasteiger partial charge is 0.465 e. The molecule has 90 valence electrons. The summed E-state index contributed by atoms with van der Waals surface area (Å²) in [6.45, 7) is 3.37. The Morgan fingerprint density at radius 1 is 1.13 bits per heavy atom. The van der Waals surface area contributed by atoms with Crippen LogP contribution in [0, 0.1) is 0 Å². The molecule has 0 fully saturated rings. The number of nitrogens with one attached hydrogen (secondary N) is 1. The summed E-state index contributed by atoms with van der Waals surface area (Å²) in [5.74, 6) is 0. The molecule has 0 saturated heterocycles. The van der Waals surface area contributed by atoms with Gasteiger partial charge in [0.25, 0.3) is 0 Å². The van der Waals surface area contributed by atoms with Gasteiger partial charge < -0.3 is 25.6 Å². The van der Waals surface area contributed by atoms with Gasteiger partial charge in [-0.15, -0.1) is 0 Å². The van der Waals surface area contributed by atoms with E-state index >= 15 is 0 Å². The molecule has 0 bridgehead atoms. The van der Waals surface area contributed by atoms with E-state index < -0.39 is 6.09 Å². The van der Waals surface area contributed by atoms with E-state index in [1.165, 1.54) is 0 Å². The molecule has 4 N–H and O–H groups in total. The number of rotatable bonds is 10. The Morgan fingerprint density at radius 3 is 2.27 bits per heavy atom. The molecule has 0 aromatic heterocycles. The summed E-state index contributed by atoms with van der Waals surface area (Å²) in [5.41, 5.74) is 5.28. The highest BCUT2D eigenvalue weighted by atomic mass is 16.5. The Bertz CT molecular complexity index is 155. The lowest BCUT2D eigenvalue weighted by molar-refractivity contribution is 0.0467. The van der Waals surface area contributed by atoms with E-state index in [2.05, 4.69) is 5.32 Å². The van der Waals surface area contributed by atoms with Crippen LogP contribution in [0.1, 0.15) is 12.8 Å². The summed E-state index contributed by atoms with van der Waals surface area (Å²) in [6.07, 6.45) is 0.539. The van der Waals surface area contributed by atoms with Crippen molar-refractivity contribution in [2.75, 3.05) is 39.5 Å². The first-order valence-corrected chi connectivity index (χ1v) is 5.09. The van der Waals surface area contributed by atoms with Crippen molar-refractivity contribution in [2.45, 2.75) is 12.8 Å². The van der Waals surface area contributed by atoms with Gasteiger partial charge in [0.05, 0.1) is 13.2 Å². The zero-order chi connectivity index (χ0) is 11.4. The molecular weight excluding hydrogens is 200 g/mol. The second-order valence-electron chi connectivity index (χ2n) is 2.95. The van der Waals surface area contributed by atoms with Crippen LogP contribution in [0.3, 0.4) is 0 Å². The standard InChI is InChI=1S/C9H20N2O4/c10-3-1-5-14-7-8-15-6-2-4-11-9(12)13/h11H,1-8,10H2,(H,12,13). The van der Waals surface area contributed by atoms with Crippen molar-refractivity contribution in [1.29, 1.82) is 0 Å².